The van der Waals surface area contributed by atoms with Gasteiger partial charge in [-0.15, -0.1) is 0 Å². The number of benzene rings is 2. The van der Waals surface area contributed by atoms with Crippen LogP contribution < -0.4 is 14.8 Å². The minimum absolute atomic E-state index is 0.109. The third-order valence-electron chi connectivity index (χ3n) is 7.08. The molecule has 0 bridgehead atoms. The number of nitrogens with zero attached hydrogens (tertiary/aromatic N) is 1. The Kier molecular flexibility index (Phi) is 6.88. The van der Waals surface area contributed by atoms with Crippen molar-refractivity contribution in [1.29, 1.82) is 0 Å². The number of rotatable bonds is 6. The summed E-state index contributed by atoms with van der Waals surface area (Å²) < 4.78 is 11.1. The van der Waals surface area contributed by atoms with Crippen molar-refractivity contribution in [2.75, 3.05) is 27.3 Å². The summed E-state index contributed by atoms with van der Waals surface area (Å²) in [6.07, 6.45) is 4.06. The summed E-state index contributed by atoms with van der Waals surface area (Å²) in [7, 11) is 3.21. The van der Waals surface area contributed by atoms with Gasteiger partial charge in [0.25, 0.3) is 5.91 Å². The Morgan fingerprint density at radius 2 is 1.88 bits per heavy atom. The van der Waals surface area contributed by atoms with E-state index in [1.807, 2.05) is 24.3 Å². The fourth-order valence-electron chi connectivity index (χ4n) is 5.37. The number of aliphatic hydroxyl groups is 1. The maximum Gasteiger partial charge on any atom is 0.251 e. The van der Waals surface area contributed by atoms with Gasteiger partial charge in [-0.05, 0) is 49.6 Å². The molecule has 2 fully saturated rings. The Balaban J connectivity index is 1.63. The summed E-state index contributed by atoms with van der Waals surface area (Å²) in [6.45, 7) is 0.305. The minimum atomic E-state index is -0.818. The van der Waals surface area contributed by atoms with Crippen molar-refractivity contribution < 1.29 is 24.2 Å². The van der Waals surface area contributed by atoms with Gasteiger partial charge >= 0.3 is 0 Å². The van der Waals surface area contributed by atoms with E-state index in [2.05, 4.69) is 5.32 Å². The van der Waals surface area contributed by atoms with Gasteiger partial charge in [-0.3, -0.25) is 9.59 Å². The zero-order chi connectivity index (χ0) is 23.4. The first kappa shape index (κ1) is 23.1. The van der Waals surface area contributed by atoms with Crippen molar-refractivity contribution in [1.82, 2.24) is 10.2 Å². The lowest BCUT2D eigenvalue weighted by atomic mass is 9.66. The van der Waals surface area contributed by atoms with Crippen molar-refractivity contribution in [3.63, 3.8) is 0 Å². The number of hydrogen-bond donors (Lipinski definition) is 2. The number of fused-ring (bicyclic) bond motifs is 1. The van der Waals surface area contributed by atoms with Gasteiger partial charge in [-0.25, -0.2) is 0 Å². The highest BCUT2D eigenvalue weighted by Crippen LogP contribution is 2.51. The topological polar surface area (TPSA) is 88.1 Å². The van der Waals surface area contributed by atoms with Gasteiger partial charge in [0.05, 0.1) is 32.4 Å². The van der Waals surface area contributed by atoms with Crippen LogP contribution in [0.3, 0.4) is 0 Å². The van der Waals surface area contributed by atoms with E-state index in [-0.39, 0.29) is 30.3 Å². The highest BCUT2D eigenvalue weighted by Gasteiger charge is 2.50. The molecule has 0 unspecified atom stereocenters. The molecule has 1 saturated heterocycles. The predicted molar refractivity (Wildman–Crippen MR) is 124 cm³/mol. The predicted octanol–water partition coefficient (Wildman–Crippen LogP) is 3.33. The fourth-order valence-corrected chi connectivity index (χ4v) is 5.37. The largest absolute Gasteiger partial charge is 0.497 e. The van der Waals surface area contributed by atoms with Crippen LogP contribution in [0.4, 0.5) is 0 Å². The van der Waals surface area contributed by atoms with Crippen LogP contribution in [0.15, 0.2) is 48.5 Å². The van der Waals surface area contributed by atoms with E-state index >= 15 is 0 Å². The molecule has 7 heteroatoms. The quantitative estimate of drug-likeness (QED) is 0.702. The molecular formula is C26H32N2O5. The molecule has 0 aromatic heterocycles. The highest BCUT2D eigenvalue weighted by molar-refractivity contribution is 5.96. The molecule has 176 valence electrons. The third kappa shape index (κ3) is 4.69. The average molecular weight is 453 g/mol. The Morgan fingerprint density at radius 3 is 2.61 bits per heavy atom. The summed E-state index contributed by atoms with van der Waals surface area (Å²) in [6, 6.07) is 14.0. The normalized spacial score (nSPS) is 24.5. The standard InChI is InChI=1S/C26H32N2O5/c1-32-19-11-12-22(33-2)20(16-19)24-21-10-6-7-13-26(21,31)14-15-28(24)23(29)17-27-25(30)18-8-4-3-5-9-18/h3-5,8-9,11-12,16,21,24,31H,6-7,10,13-15,17H2,1-2H3,(H,27,30)/t21-,24-,26+/m0/s1. The second kappa shape index (κ2) is 9.83. The van der Waals surface area contributed by atoms with Crippen molar-refractivity contribution in [2.24, 2.45) is 5.92 Å². The lowest BCUT2D eigenvalue weighted by Gasteiger charge is -2.52. The van der Waals surface area contributed by atoms with Crippen molar-refractivity contribution in [3.8, 4) is 11.5 Å². The number of piperidine rings is 1. The summed E-state index contributed by atoms with van der Waals surface area (Å²) >= 11 is 0. The zero-order valence-electron chi connectivity index (χ0n) is 19.3. The van der Waals surface area contributed by atoms with E-state index in [9.17, 15) is 14.7 Å². The number of carbonyl (C=O) groups is 2. The van der Waals surface area contributed by atoms with Gasteiger partial charge in [0.2, 0.25) is 5.91 Å². The monoisotopic (exact) mass is 452 g/mol. The van der Waals surface area contributed by atoms with E-state index in [0.29, 0.717) is 30.0 Å². The second-order valence-electron chi connectivity index (χ2n) is 8.89. The van der Waals surface area contributed by atoms with E-state index in [4.69, 9.17) is 9.47 Å². The molecule has 4 rings (SSSR count). The lowest BCUT2D eigenvalue weighted by molar-refractivity contribution is -0.154. The molecule has 2 N–H and O–H groups in total. The maximum absolute atomic E-state index is 13.4. The van der Waals surface area contributed by atoms with Crippen LogP contribution in [0.25, 0.3) is 0 Å². The van der Waals surface area contributed by atoms with E-state index in [1.165, 1.54) is 0 Å². The first-order chi connectivity index (χ1) is 16.0. The molecule has 1 aliphatic heterocycles. The first-order valence-electron chi connectivity index (χ1n) is 11.5. The SMILES string of the molecule is COc1ccc(OC)c([C@H]2[C@@H]3CCCC[C@@]3(O)CCN2C(=O)CNC(=O)c2ccccc2)c1. The Labute approximate surface area is 194 Å². The first-order valence-corrected chi connectivity index (χ1v) is 11.5. The maximum atomic E-state index is 13.4. The number of ether oxygens (including phenoxy) is 2. The summed E-state index contributed by atoms with van der Waals surface area (Å²) in [4.78, 5) is 27.7. The second-order valence-corrected chi connectivity index (χ2v) is 8.89. The zero-order valence-corrected chi connectivity index (χ0v) is 19.3. The molecule has 33 heavy (non-hydrogen) atoms. The molecule has 7 nitrogen and oxygen atoms in total. The number of amides is 2. The van der Waals surface area contributed by atoms with E-state index < -0.39 is 5.60 Å². The van der Waals surface area contributed by atoms with Crippen LogP contribution >= 0.6 is 0 Å². The molecular weight excluding hydrogens is 420 g/mol. The van der Waals surface area contributed by atoms with Crippen LogP contribution in [0.5, 0.6) is 11.5 Å². The molecule has 2 aromatic carbocycles. The molecule has 2 amide bonds. The number of likely N-dealkylation sites (tertiary alicyclic amines) is 1. The van der Waals surface area contributed by atoms with Crippen LogP contribution in [0.2, 0.25) is 0 Å². The van der Waals surface area contributed by atoms with Crippen LogP contribution in [0, 0.1) is 5.92 Å². The highest BCUT2D eigenvalue weighted by atomic mass is 16.5. The molecule has 3 atom stereocenters. The molecule has 2 aromatic rings. The van der Waals surface area contributed by atoms with Gasteiger partial charge < -0.3 is 24.8 Å². The molecule has 1 aliphatic carbocycles. The molecule has 1 heterocycles. The number of carbonyl (C=O) groups excluding carboxylic acids is 2. The summed E-state index contributed by atoms with van der Waals surface area (Å²) in [5, 5.41) is 14.3. The Hall–Kier alpha value is -3.06. The van der Waals surface area contributed by atoms with Crippen molar-refractivity contribution in [2.45, 2.75) is 43.7 Å². The van der Waals surface area contributed by atoms with E-state index in [1.54, 1.807) is 43.4 Å². The smallest absolute Gasteiger partial charge is 0.251 e. The fraction of sp³-hybridized carbons (Fsp3) is 0.462. The van der Waals surface area contributed by atoms with Crippen LogP contribution in [-0.2, 0) is 4.79 Å². The van der Waals surface area contributed by atoms with E-state index in [0.717, 1.165) is 31.2 Å². The molecule has 2 aliphatic rings. The van der Waals surface area contributed by atoms with Gasteiger partial charge in [-0.2, -0.15) is 0 Å². The lowest BCUT2D eigenvalue weighted by Crippen LogP contribution is -2.57. The Bertz CT molecular complexity index is 995. The number of nitrogens with one attached hydrogen (secondary N) is 1. The molecule has 1 saturated carbocycles. The van der Waals surface area contributed by atoms with Crippen LogP contribution in [-0.4, -0.2) is 54.7 Å². The average Bonchev–Trinajstić information content (AvgIpc) is 2.86. The third-order valence-corrected chi connectivity index (χ3v) is 7.08. The minimum Gasteiger partial charge on any atom is -0.497 e. The Morgan fingerprint density at radius 1 is 1.09 bits per heavy atom. The van der Waals surface area contributed by atoms with Crippen molar-refractivity contribution in [3.05, 3.63) is 59.7 Å². The molecule has 0 spiro atoms. The van der Waals surface area contributed by atoms with Gasteiger partial charge in [0, 0.05) is 23.6 Å². The van der Waals surface area contributed by atoms with Gasteiger partial charge in [0.1, 0.15) is 11.5 Å². The van der Waals surface area contributed by atoms with Crippen molar-refractivity contribution >= 4 is 11.8 Å². The number of hydrogen-bond acceptors (Lipinski definition) is 5. The summed E-state index contributed by atoms with van der Waals surface area (Å²) in [5.74, 6) is 0.740. The van der Waals surface area contributed by atoms with Crippen LogP contribution in [0.1, 0.15) is 54.1 Å². The summed E-state index contributed by atoms with van der Waals surface area (Å²) in [5.41, 5.74) is 0.516. The number of methoxy groups -OCH3 is 2. The molecule has 0 radical (unpaired) electrons. The van der Waals surface area contributed by atoms with Gasteiger partial charge in [-0.1, -0.05) is 31.0 Å². The van der Waals surface area contributed by atoms with Gasteiger partial charge in [0.15, 0.2) is 0 Å².